The molecule has 3 rings (SSSR count). The van der Waals surface area contributed by atoms with Crippen molar-refractivity contribution >= 4 is 23.2 Å². The summed E-state index contributed by atoms with van der Waals surface area (Å²) in [6.07, 6.45) is 2.56. The van der Waals surface area contributed by atoms with Gasteiger partial charge in [0.05, 0.1) is 11.7 Å². The summed E-state index contributed by atoms with van der Waals surface area (Å²) in [6, 6.07) is -0.703. The van der Waals surface area contributed by atoms with Crippen molar-refractivity contribution in [2.24, 2.45) is 11.0 Å². The van der Waals surface area contributed by atoms with E-state index in [9.17, 15) is 9.59 Å². The van der Waals surface area contributed by atoms with Crippen molar-refractivity contribution in [1.29, 1.82) is 0 Å². The highest BCUT2D eigenvalue weighted by Gasteiger charge is 2.35. The number of amides is 2. The Balaban J connectivity index is 1.73. The summed E-state index contributed by atoms with van der Waals surface area (Å²) in [6.45, 7) is 1.75. The Morgan fingerprint density at radius 2 is 2.19 bits per heavy atom. The predicted octanol–water partition coefficient (Wildman–Crippen LogP) is 1.80. The lowest BCUT2D eigenvalue weighted by Crippen LogP contribution is -2.48. The maximum absolute atomic E-state index is 12.8. The Labute approximate surface area is 162 Å². The van der Waals surface area contributed by atoms with Gasteiger partial charge < -0.3 is 15.1 Å². The van der Waals surface area contributed by atoms with E-state index < -0.39 is 0 Å². The minimum absolute atomic E-state index is 0.0430. The zero-order valence-corrected chi connectivity index (χ0v) is 16.7. The van der Waals surface area contributed by atoms with Gasteiger partial charge in [0.1, 0.15) is 0 Å². The van der Waals surface area contributed by atoms with Crippen LogP contribution >= 0.6 is 11.3 Å². The number of likely N-dealkylation sites (N-methyl/N-ethyl adjacent to an activating group) is 1. The van der Waals surface area contributed by atoms with E-state index in [4.69, 9.17) is 5.53 Å². The van der Waals surface area contributed by atoms with Crippen molar-refractivity contribution in [3.63, 3.8) is 0 Å². The van der Waals surface area contributed by atoms with E-state index in [0.717, 1.165) is 30.1 Å². The molecular formula is C17H25N7O2S. The van der Waals surface area contributed by atoms with Gasteiger partial charge in [-0.3, -0.25) is 9.59 Å². The van der Waals surface area contributed by atoms with Crippen LogP contribution in [0.25, 0.3) is 10.4 Å². The molecule has 2 heterocycles. The molecule has 0 radical (unpaired) electrons. The first-order chi connectivity index (χ1) is 12.9. The first-order valence-corrected chi connectivity index (χ1v) is 9.94. The predicted molar refractivity (Wildman–Crippen MR) is 102 cm³/mol. The Bertz CT molecular complexity index is 771. The van der Waals surface area contributed by atoms with Crippen LogP contribution in [0.2, 0.25) is 0 Å². The van der Waals surface area contributed by atoms with Crippen LogP contribution in [0.1, 0.15) is 39.6 Å². The van der Waals surface area contributed by atoms with E-state index in [1.165, 1.54) is 11.3 Å². The number of thiazole rings is 1. The summed E-state index contributed by atoms with van der Waals surface area (Å²) in [5, 5.41) is 7.26. The molecule has 0 unspecified atom stereocenters. The number of carbonyl (C=O) groups excluding carboxylic acids is 2. The van der Waals surface area contributed by atoms with Crippen molar-refractivity contribution in [1.82, 2.24) is 20.1 Å². The molecular weight excluding hydrogens is 366 g/mol. The maximum atomic E-state index is 12.8. The number of carbonyl (C=O) groups is 2. The van der Waals surface area contributed by atoms with E-state index in [2.05, 4.69) is 32.3 Å². The fourth-order valence-corrected chi connectivity index (χ4v) is 4.85. The summed E-state index contributed by atoms with van der Waals surface area (Å²) in [4.78, 5) is 37.4. The van der Waals surface area contributed by atoms with Crippen molar-refractivity contribution in [2.45, 2.75) is 44.3 Å². The molecule has 0 bridgehead atoms. The second-order valence-corrected chi connectivity index (χ2v) is 8.56. The molecule has 1 aliphatic carbocycles. The minimum Gasteiger partial charge on any atom is -0.349 e. The van der Waals surface area contributed by atoms with Crippen LogP contribution in [0.5, 0.6) is 0 Å². The van der Waals surface area contributed by atoms with E-state index in [1.54, 1.807) is 19.0 Å². The Morgan fingerprint density at radius 3 is 2.89 bits per heavy atom. The van der Waals surface area contributed by atoms with Crippen molar-refractivity contribution < 1.29 is 9.59 Å². The molecule has 10 heteroatoms. The summed E-state index contributed by atoms with van der Waals surface area (Å²) >= 11 is 1.42. The topological polar surface area (TPSA) is 114 Å². The van der Waals surface area contributed by atoms with Gasteiger partial charge in [-0.1, -0.05) is 5.11 Å². The number of azide groups is 1. The smallest absolute Gasteiger partial charge is 0.280 e. The Hall–Kier alpha value is -2.16. The summed E-state index contributed by atoms with van der Waals surface area (Å²) in [5.41, 5.74) is 9.84. The third-order valence-corrected chi connectivity index (χ3v) is 6.32. The Kier molecular flexibility index (Phi) is 5.98. The molecule has 1 fully saturated rings. The maximum Gasteiger partial charge on any atom is 0.280 e. The van der Waals surface area contributed by atoms with Crippen LogP contribution in [0.3, 0.4) is 0 Å². The highest BCUT2D eigenvalue weighted by atomic mass is 32.1. The van der Waals surface area contributed by atoms with Gasteiger partial charge in [0.2, 0.25) is 5.91 Å². The summed E-state index contributed by atoms with van der Waals surface area (Å²) in [7, 11) is 5.51. The molecule has 3 atom stereocenters. The lowest BCUT2D eigenvalue weighted by Gasteiger charge is -2.34. The first-order valence-electron chi connectivity index (χ1n) is 9.12. The molecule has 0 spiro atoms. The minimum atomic E-state index is -0.361. The highest BCUT2D eigenvalue weighted by Crippen LogP contribution is 2.29. The normalized spacial score (nSPS) is 25.2. The molecule has 1 aliphatic heterocycles. The summed E-state index contributed by atoms with van der Waals surface area (Å²) < 4.78 is 0. The lowest BCUT2D eigenvalue weighted by molar-refractivity contribution is -0.134. The van der Waals surface area contributed by atoms with E-state index in [-0.39, 0.29) is 29.8 Å². The molecule has 2 aliphatic rings. The van der Waals surface area contributed by atoms with Crippen molar-refractivity contribution in [2.75, 3.05) is 27.7 Å². The standard InChI is InChI=1S/C17H25N7O2S/c1-23(2)17(26)10-4-5-11(21-22-18)13(8-10)19-15(25)16-20-12-6-7-24(3)9-14(12)27-16/h10-11,13H,4-9H2,1-3H3,(H,19,25)/t10-,11-,13+/m0/s1. The van der Waals surface area contributed by atoms with Crippen molar-refractivity contribution in [3.05, 3.63) is 26.0 Å². The number of fused-ring (bicyclic) bond motifs is 1. The molecule has 146 valence electrons. The number of nitrogens with one attached hydrogen (secondary N) is 1. The molecule has 1 N–H and O–H groups in total. The molecule has 9 nitrogen and oxygen atoms in total. The van der Waals surface area contributed by atoms with Crippen LogP contribution < -0.4 is 5.32 Å². The van der Waals surface area contributed by atoms with Gasteiger partial charge in [-0.15, -0.1) is 11.3 Å². The van der Waals surface area contributed by atoms with E-state index in [0.29, 0.717) is 24.3 Å². The number of hydrogen-bond acceptors (Lipinski definition) is 6. The Morgan fingerprint density at radius 1 is 1.41 bits per heavy atom. The van der Waals surface area contributed by atoms with Gasteiger partial charge in [-0.2, -0.15) is 0 Å². The van der Waals surface area contributed by atoms with Crippen LogP contribution in [-0.4, -0.2) is 66.4 Å². The fraction of sp³-hybridized carbons (Fsp3) is 0.706. The largest absolute Gasteiger partial charge is 0.349 e. The molecule has 0 saturated heterocycles. The van der Waals surface area contributed by atoms with Crippen LogP contribution in [-0.2, 0) is 17.8 Å². The second kappa shape index (κ2) is 8.24. The zero-order valence-electron chi connectivity index (χ0n) is 15.9. The average Bonchev–Trinajstić information content (AvgIpc) is 3.05. The van der Waals surface area contributed by atoms with Gasteiger partial charge in [0.25, 0.3) is 5.91 Å². The highest BCUT2D eigenvalue weighted by molar-refractivity contribution is 7.13. The van der Waals surface area contributed by atoms with Crippen LogP contribution in [0, 0.1) is 5.92 Å². The quantitative estimate of drug-likeness (QED) is 0.479. The number of nitrogens with zero attached hydrogens (tertiary/aromatic N) is 6. The number of aromatic nitrogens is 1. The first kappa shape index (κ1) is 19.6. The molecule has 27 heavy (non-hydrogen) atoms. The lowest BCUT2D eigenvalue weighted by atomic mass is 9.82. The molecule has 1 aromatic heterocycles. The van der Waals surface area contributed by atoms with Gasteiger partial charge in [-0.25, -0.2) is 4.98 Å². The third-order valence-electron chi connectivity index (χ3n) is 5.24. The average molecular weight is 392 g/mol. The SMILES string of the molecule is CN1CCc2nc(C(=O)N[C@@H]3C[C@@H](C(=O)N(C)C)CC[C@@H]3N=[N+]=[N-])sc2C1. The van der Waals surface area contributed by atoms with E-state index in [1.807, 2.05) is 0 Å². The third kappa shape index (κ3) is 4.40. The fourth-order valence-electron chi connectivity index (χ4n) is 3.75. The monoisotopic (exact) mass is 391 g/mol. The van der Waals surface area contributed by atoms with Crippen molar-refractivity contribution in [3.8, 4) is 0 Å². The molecule has 0 aromatic carbocycles. The van der Waals surface area contributed by atoms with Crippen LogP contribution in [0.15, 0.2) is 5.11 Å². The van der Waals surface area contributed by atoms with Gasteiger partial charge in [-0.05, 0) is 31.8 Å². The molecule has 2 amide bonds. The van der Waals surface area contributed by atoms with Gasteiger partial charge in [0, 0.05) is 55.4 Å². The molecule has 1 aromatic rings. The summed E-state index contributed by atoms with van der Waals surface area (Å²) in [5.74, 6) is -0.381. The second-order valence-electron chi connectivity index (χ2n) is 7.47. The van der Waals surface area contributed by atoms with Gasteiger partial charge in [0.15, 0.2) is 5.01 Å². The number of rotatable bonds is 4. The molecule has 1 saturated carbocycles. The van der Waals surface area contributed by atoms with Gasteiger partial charge >= 0.3 is 0 Å². The zero-order chi connectivity index (χ0) is 19.6. The van der Waals surface area contributed by atoms with E-state index >= 15 is 0 Å². The van der Waals surface area contributed by atoms with Crippen LogP contribution in [0.4, 0.5) is 0 Å². The number of hydrogen-bond donors (Lipinski definition) is 1.